The van der Waals surface area contributed by atoms with E-state index in [1.165, 1.54) is 19.3 Å². The van der Waals surface area contributed by atoms with Crippen LogP contribution in [0.2, 0.25) is 0 Å². The molecule has 13 heavy (non-hydrogen) atoms. The topological polar surface area (TPSA) is 40.9 Å². The Bertz CT molecular complexity index is 92.9. The summed E-state index contributed by atoms with van der Waals surface area (Å²) in [5, 5.41) is 0. The molecule has 0 aliphatic heterocycles. The van der Waals surface area contributed by atoms with E-state index in [9.17, 15) is 4.79 Å². The van der Waals surface area contributed by atoms with Crippen molar-refractivity contribution in [3.63, 3.8) is 0 Å². The normalized spacial score (nSPS) is 7.92. The monoisotopic (exact) mass is 310 g/mol. The third-order valence-corrected chi connectivity index (χ3v) is 1.33. The van der Waals surface area contributed by atoms with Crippen LogP contribution in [0, 0.1) is 42.5 Å². The summed E-state index contributed by atoms with van der Waals surface area (Å²) in [5.41, 5.74) is 6.34. The van der Waals surface area contributed by atoms with Crippen LogP contribution in [0.1, 0.15) is 52.4 Å². The van der Waals surface area contributed by atoms with E-state index in [1.54, 1.807) is 0 Å². The number of rotatable bonds is 5. The Kier molecular flexibility index (Phi) is 27.3. The maximum atomic E-state index is 9.71. The predicted octanol–water partition coefficient (Wildman–Crippen LogP) is 3.77. The van der Waals surface area contributed by atoms with Crippen molar-refractivity contribution in [2.24, 2.45) is 0 Å². The van der Waals surface area contributed by atoms with E-state index in [1.807, 2.05) is 6.92 Å². The summed E-state index contributed by atoms with van der Waals surface area (Å²) in [4.78, 5) is 9.71. The van der Waals surface area contributed by atoms with Crippen LogP contribution in [0.4, 0.5) is 0 Å². The van der Waals surface area contributed by atoms with Gasteiger partial charge in [-0.1, -0.05) is 39.5 Å². The summed E-state index contributed by atoms with van der Waals surface area (Å²) in [6.07, 6.45) is 6.27. The number of nitrogens with one attached hydrogen (secondary N) is 1. The Hall–Kier alpha value is 0.665. The summed E-state index contributed by atoms with van der Waals surface area (Å²) >= 11 is 0. The molecule has 0 aliphatic rings. The molecule has 2 nitrogen and oxygen atoms in total. The van der Waals surface area contributed by atoms with E-state index < -0.39 is 5.91 Å². The van der Waals surface area contributed by atoms with Gasteiger partial charge in [-0.3, -0.25) is 0 Å². The van der Waals surface area contributed by atoms with E-state index in [0.717, 1.165) is 12.8 Å². The van der Waals surface area contributed by atoms with Crippen molar-refractivity contribution < 1.29 is 40.4 Å². The van der Waals surface area contributed by atoms with Crippen LogP contribution in [-0.4, -0.2) is 5.91 Å². The molecule has 0 aromatic carbocycles. The molecule has 1 N–H and O–H groups in total. The van der Waals surface area contributed by atoms with Crippen molar-refractivity contribution in [3.05, 3.63) is 12.7 Å². The van der Waals surface area contributed by atoms with Gasteiger partial charge in [-0.2, -0.15) is 6.42 Å². The molecule has 0 aromatic heterocycles. The van der Waals surface area contributed by atoms with Crippen LogP contribution in [-0.2, 0) is 4.79 Å². The average Bonchev–Trinajstić information content (AvgIpc) is 2.02. The van der Waals surface area contributed by atoms with Crippen LogP contribution in [0.25, 0.3) is 5.73 Å². The van der Waals surface area contributed by atoms with Gasteiger partial charge in [0, 0.05) is 41.5 Å². The van der Waals surface area contributed by atoms with Gasteiger partial charge in [-0.05, 0) is 6.42 Å². The van der Waals surface area contributed by atoms with Crippen LogP contribution >= 0.6 is 0 Å². The Balaban J connectivity index is -0.000000143. The average molecular weight is 310 g/mol. The molecule has 0 fully saturated rings. The fraction of sp³-hybridized carbons (Fsp3) is 0.800. The molecule has 0 spiro atoms. The quantitative estimate of drug-likeness (QED) is 0.563. The van der Waals surface area contributed by atoms with Gasteiger partial charge in [0.05, 0.1) is 0 Å². The maximum Gasteiger partial charge on any atom is 0.0487 e. The van der Waals surface area contributed by atoms with Crippen molar-refractivity contribution in [1.82, 2.24) is 0 Å². The van der Waals surface area contributed by atoms with Crippen LogP contribution in [0.3, 0.4) is 0 Å². The predicted molar refractivity (Wildman–Crippen MR) is 53.7 cm³/mol. The van der Waals surface area contributed by atoms with Gasteiger partial charge in [0.1, 0.15) is 0 Å². The van der Waals surface area contributed by atoms with Crippen molar-refractivity contribution in [1.29, 1.82) is 0 Å². The van der Waals surface area contributed by atoms with Gasteiger partial charge in [-0.25, -0.2) is 0 Å². The van der Waals surface area contributed by atoms with Gasteiger partial charge in [0.15, 0.2) is 0 Å². The summed E-state index contributed by atoms with van der Waals surface area (Å²) in [6, 6.07) is 0. The molecule has 0 bridgehead atoms. The molecule has 0 saturated carbocycles. The standard InChI is InChI=1S/C6H13.C4H9NO.La/c1-3-5-6-4-2;1-2-3-4(5)6;/h1,3-6H2,2H3;2-3H2,1H3,(H2,5,6);/q-1;;/p-1. The van der Waals surface area contributed by atoms with Crippen molar-refractivity contribution in [2.75, 3.05) is 0 Å². The van der Waals surface area contributed by atoms with E-state index in [-0.39, 0.29) is 35.6 Å². The summed E-state index contributed by atoms with van der Waals surface area (Å²) in [7, 11) is 0. The minimum Gasteiger partial charge on any atom is -0.668 e. The first kappa shape index (κ1) is 19.3. The molecule has 0 rings (SSSR count). The van der Waals surface area contributed by atoms with Crippen LogP contribution in [0.15, 0.2) is 0 Å². The minimum absolute atomic E-state index is 0. The Morgan fingerprint density at radius 2 is 1.77 bits per heavy atom. The molecular formula is C10H21LaNO-2. The first-order chi connectivity index (χ1) is 5.68. The second-order valence-electron chi connectivity index (χ2n) is 2.73. The number of hydrogen-bond donors (Lipinski definition) is 0. The molecular weight excluding hydrogens is 289 g/mol. The molecule has 0 atom stereocenters. The van der Waals surface area contributed by atoms with Crippen molar-refractivity contribution in [3.8, 4) is 0 Å². The van der Waals surface area contributed by atoms with E-state index in [2.05, 4.69) is 13.8 Å². The van der Waals surface area contributed by atoms with Gasteiger partial charge in [-0.15, -0.1) is 0 Å². The zero-order chi connectivity index (χ0) is 9.82. The van der Waals surface area contributed by atoms with Gasteiger partial charge in [0.25, 0.3) is 0 Å². The van der Waals surface area contributed by atoms with Crippen molar-refractivity contribution >= 4 is 5.91 Å². The molecule has 0 saturated heterocycles. The first-order valence-electron chi connectivity index (χ1n) is 4.72. The molecule has 77 valence electrons. The molecule has 0 unspecified atom stereocenters. The molecule has 1 radical (unpaired) electrons. The van der Waals surface area contributed by atoms with Crippen LogP contribution in [0.5, 0.6) is 0 Å². The second-order valence-corrected chi connectivity index (χ2v) is 2.73. The Morgan fingerprint density at radius 3 is 1.85 bits per heavy atom. The number of carbonyl (C=O) groups excluding carboxylic acids is 1. The van der Waals surface area contributed by atoms with Gasteiger partial charge in [0.2, 0.25) is 0 Å². The van der Waals surface area contributed by atoms with E-state index >= 15 is 0 Å². The molecule has 0 aliphatic carbocycles. The maximum absolute atomic E-state index is 9.71. The SMILES string of the molecule is CCCC([NH-])=O.[CH2-]CCCCC.[La]. The smallest absolute Gasteiger partial charge is 0.0487 e. The second kappa shape index (κ2) is 18.4. The Labute approximate surface area is 111 Å². The zero-order valence-electron chi connectivity index (χ0n) is 8.94. The zero-order valence-corrected chi connectivity index (χ0v) is 12.6. The summed E-state index contributed by atoms with van der Waals surface area (Å²) < 4.78 is 0. The fourth-order valence-corrected chi connectivity index (χ4v) is 0.654. The van der Waals surface area contributed by atoms with E-state index in [4.69, 9.17) is 5.73 Å². The Morgan fingerprint density at radius 1 is 1.23 bits per heavy atom. The van der Waals surface area contributed by atoms with Crippen LogP contribution < -0.4 is 0 Å². The van der Waals surface area contributed by atoms with Gasteiger partial charge >= 0.3 is 0 Å². The molecule has 1 amide bonds. The summed E-state index contributed by atoms with van der Waals surface area (Å²) in [5.74, 6) is -0.461. The summed E-state index contributed by atoms with van der Waals surface area (Å²) in [6.45, 7) is 7.81. The molecule has 0 heterocycles. The minimum atomic E-state index is -0.461. The molecule has 3 heteroatoms. The third-order valence-electron chi connectivity index (χ3n) is 1.33. The number of unbranched alkanes of at least 4 members (excludes halogenated alkanes) is 3. The largest absolute Gasteiger partial charge is 0.668 e. The fourth-order valence-electron chi connectivity index (χ4n) is 0.654. The number of carbonyl (C=O) groups is 1. The number of hydrogen-bond acceptors (Lipinski definition) is 1. The molecule has 0 aromatic rings. The third kappa shape index (κ3) is 32.4. The van der Waals surface area contributed by atoms with Crippen molar-refractivity contribution in [2.45, 2.75) is 52.4 Å². The first-order valence-corrected chi connectivity index (χ1v) is 4.72. The number of amides is 1. The van der Waals surface area contributed by atoms with Gasteiger partial charge < -0.3 is 17.5 Å². The van der Waals surface area contributed by atoms with E-state index in [0.29, 0.717) is 6.42 Å².